The van der Waals surface area contributed by atoms with Crippen molar-refractivity contribution < 1.29 is 5.11 Å². The van der Waals surface area contributed by atoms with E-state index >= 15 is 0 Å². The molecule has 0 unspecified atom stereocenters. The minimum Gasteiger partial charge on any atom is -0.289 e. The quantitative estimate of drug-likeness (QED) is 0.455. The van der Waals surface area contributed by atoms with Crippen LogP contribution in [0.5, 0.6) is 5.75 Å². The third kappa shape index (κ3) is 6.13. The Hall–Kier alpha value is -0.980. The van der Waals surface area contributed by atoms with Crippen molar-refractivity contribution >= 4 is 0 Å². The van der Waals surface area contributed by atoms with Crippen LogP contribution in [-0.4, -0.2) is 0 Å². The Bertz CT molecular complexity index is 313. The maximum absolute atomic E-state index is 12.3. The molecule has 19 heavy (non-hydrogen) atoms. The minimum atomic E-state index is 0.315. The van der Waals surface area contributed by atoms with Gasteiger partial charge in [-0.2, -0.15) is 0 Å². The molecule has 0 aliphatic carbocycles. The van der Waals surface area contributed by atoms with Crippen molar-refractivity contribution in [2.24, 2.45) is 0 Å². The summed E-state index contributed by atoms with van der Waals surface area (Å²) >= 11 is 0. The van der Waals surface area contributed by atoms with Gasteiger partial charge in [0.1, 0.15) is 0 Å². The third-order valence-corrected chi connectivity index (χ3v) is 3.78. The number of benzene rings is 1. The molecule has 0 spiro atoms. The maximum Gasteiger partial charge on any atom is 0.184 e. The van der Waals surface area contributed by atoms with Crippen LogP contribution in [0.2, 0.25) is 0 Å². The van der Waals surface area contributed by atoms with Crippen LogP contribution in [0.1, 0.15) is 76.3 Å². The predicted octanol–water partition coefficient (Wildman–Crippen LogP) is 6.08. The van der Waals surface area contributed by atoms with Gasteiger partial charge in [0, 0.05) is 0 Å². The zero-order valence-corrected chi connectivity index (χ0v) is 12.7. The Morgan fingerprint density at radius 1 is 0.737 bits per heavy atom. The first-order valence-corrected chi connectivity index (χ1v) is 8.07. The fraction of sp³-hybridized carbons (Fsp3) is 0.667. The summed E-state index contributed by atoms with van der Waals surface area (Å²) in [4.78, 5) is 0. The van der Waals surface area contributed by atoms with Crippen LogP contribution in [0.4, 0.5) is 0 Å². The molecule has 0 amide bonds. The largest absolute Gasteiger partial charge is 0.289 e. The van der Waals surface area contributed by atoms with E-state index in [2.05, 4.69) is 19.9 Å². The molecule has 0 N–H and O–H groups in total. The summed E-state index contributed by atoms with van der Waals surface area (Å²) in [6.45, 7) is 4.44. The monoisotopic (exact) mass is 261 g/mol. The van der Waals surface area contributed by atoms with Crippen molar-refractivity contribution in [1.29, 1.82) is 0 Å². The molecular formula is C18H29O. The second kappa shape index (κ2) is 9.89. The van der Waals surface area contributed by atoms with Crippen LogP contribution in [0.3, 0.4) is 0 Å². The molecule has 1 heteroatoms. The second-order valence-electron chi connectivity index (χ2n) is 5.53. The molecule has 0 aliphatic rings. The van der Waals surface area contributed by atoms with Crippen molar-refractivity contribution in [2.45, 2.75) is 78.1 Å². The Balaban J connectivity index is 2.44. The van der Waals surface area contributed by atoms with E-state index in [1.807, 2.05) is 12.1 Å². The van der Waals surface area contributed by atoms with E-state index < -0.39 is 0 Å². The molecule has 0 saturated carbocycles. The van der Waals surface area contributed by atoms with Gasteiger partial charge in [-0.25, -0.2) is 0 Å². The zero-order chi connectivity index (χ0) is 13.9. The summed E-state index contributed by atoms with van der Waals surface area (Å²) in [5, 5.41) is 12.3. The van der Waals surface area contributed by atoms with Gasteiger partial charge < -0.3 is 0 Å². The molecule has 1 aromatic rings. The van der Waals surface area contributed by atoms with Crippen LogP contribution < -0.4 is 0 Å². The molecular weight excluding hydrogens is 232 g/mol. The number of rotatable bonds is 10. The van der Waals surface area contributed by atoms with Crippen molar-refractivity contribution in [3.05, 3.63) is 29.3 Å². The minimum absolute atomic E-state index is 0.315. The maximum atomic E-state index is 12.3. The highest BCUT2D eigenvalue weighted by atomic mass is 16.3. The molecule has 0 aromatic heterocycles. The average molecular weight is 261 g/mol. The van der Waals surface area contributed by atoms with Gasteiger partial charge in [-0.15, -0.1) is 0 Å². The molecule has 0 heterocycles. The first-order valence-electron chi connectivity index (χ1n) is 8.07. The standard InChI is InChI=1S/C18H29O/c1-3-5-7-9-12-16-14-11-15-17(18(16)19)13-10-8-6-4-2/h11,14-15H,3-10,12-13H2,1-2H3. The van der Waals surface area contributed by atoms with Crippen LogP contribution in [0.15, 0.2) is 18.2 Å². The van der Waals surface area contributed by atoms with Gasteiger partial charge in [0.05, 0.1) is 0 Å². The lowest BCUT2D eigenvalue weighted by atomic mass is 9.99. The average Bonchev–Trinajstić information content (AvgIpc) is 2.43. The lowest BCUT2D eigenvalue weighted by Gasteiger charge is -2.07. The zero-order valence-electron chi connectivity index (χ0n) is 12.7. The van der Waals surface area contributed by atoms with E-state index in [0.29, 0.717) is 5.75 Å². The molecule has 0 atom stereocenters. The van der Waals surface area contributed by atoms with Gasteiger partial charge in [-0.05, 0) is 36.8 Å². The number of unbranched alkanes of at least 4 members (excludes halogenated alkanes) is 6. The predicted molar refractivity (Wildman–Crippen MR) is 82.3 cm³/mol. The molecule has 0 saturated heterocycles. The molecule has 1 nitrogen and oxygen atoms in total. The lowest BCUT2D eigenvalue weighted by molar-refractivity contribution is 0.343. The molecule has 0 bridgehead atoms. The fourth-order valence-electron chi connectivity index (χ4n) is 2.52. The number of hydrogen-bond acceptors (Lipinski definition) is 0. The highest BCUT2D eigenvalue weighted by Crippen LogP contribution is 2.26. The van der Waals surface area contributed by atoms with Gasteiger partial charge in [-0.1, -0.05) is 70.6 Å². The summed E-state index contributed by atoms with van der Waals surface area (Å²) in [5.41, 5.74) is 2.06. The van der Waals surface area contributed by atoms with E-state index in [1.54, 1.807) is 0 Å². The van der Waals surface area contributed by atoms with E-state index in [0.717, 1.165) is 36.8 Å². The highest BCUT2D eigenvalue weighted by Gasteiger charge is 2.08. The summed E-state index contributed by atoms with van der Waals surface area (Å²) in [5.74, 6) is 0.315. The van der Waals surface area contributed by atoms with E-state index in [1.165, 1.54) is 38.5 Å². The van der Waals surface area contributed by atoms with Crippen molar-refractivity contribution in [1.82, 2.24) is 0 Å². The Morgan fingerprint density at radius 3 is 1.63 bits per heavy atom. The number of hydrogen-bond donors (Lipinski definition) is 0. The van der Waals surface area contributed by atoms with Crippen molar-refractivity contribution in [3.63, 3.8) is 0 Å². The van der Waals surface area contributed by atoms with Crippen molar-refractivity contribution in [3.8, 4) is 5.75 Å². The van der Waals surface area contributed by atoms with Crippen molar-refractivity contribution in [2.75, 3.05) is 0 Å². The summed E-state index contributed by atoms with van der Waals surface area (Å²) in [7, 11) is 0. The lowest BCUT2D eigenvalue weighted by Crippen LogP contribution is -1.92. The topological polar surface area (TPSA) is 19.9 Å². The van der Waals surface area contributed by atoms with E-state index in [4.69, 9.17) is 0 Å². The fourth-order valence-corrected chi connectivity index (χ4v) is 2.52. The van der Waals surface area contributed by atoms with Crippen LogP contribution in [0, 0.1) is 0 Å². The van der Waals surface area contributed by atoms with Crippen LogP contribution >= 0.6 is 0 Å². The number of aryl methyl sites for hydroxylation is 2. The molecule has 1 radical (unpaired) electrons. The second-order valence-corrected chi connectivity index (χ2v) is 5.53. The molecule has 0 aliphatic heterocycles. The normalized spacial score (nSPS) is 10.8. The Labute approximate surface area is 119 Å². The van der Waals surface area contributed by atoms with Gasteiger partial charge in [0.2, 0.25) is 0 Å². The van der Waals surface area contributed by atoms with Gasteiger partial charge >= 0.3 is 0 Å². The molecule has 0 fully saturated rings. The summed E-state index contributed by atoms with van der Waals surface area (Å²) in [6.07, 6.45) is 11.8. The first kappa shape index (κ1) is 16.1. The SMILES string of the molecule is CCCCCCc1cccc(CCCCCC)c1[O]. The Kier molecular flexibility index (Phi) is 8.36. The third-order valence-electron chi connectivity index (χ3n) is 3.78. The highest BCUT2D eigenvalue weighted by molar-refractivity contribution is 5.40. The summed E-state index contributed by atoms with van der Waals surface area (Å²) in [6, 6.07) is 6.10. The van der Waals surface area contributed by atoms with Gasteiger partial charge in [0.15, 0.2) is 5.75 Å². The van der Waals surface area contributed by atoms with Crippen LogP contribution in [-0.2, 0) is 17.9 Å². The van der Waals surface area contributed by atoms with Gasteiger partial charge in [0.25, 0.3) is 0 Å². The number of para-hydroxylation sites is 1. The molecule has 107 valence electrons. The first-order chi connectivity index (χ1) is 9.29. The smallest absolute Gasteiger partial charge is 0.184 e. The molecule has 1 rings (SSSR count). The molecule has 1 aromatic carbocycles. The Morgan fingerprint density at radius 2 is 1.21 bits per heavy atom. The van der Waals surface area contributed by atoms with E-state index in [-0.39, 0.29) is 0 Å². The van der Waals surface area contributed by atoms with Crippen LogP contribution in [0.25, 0.3) is 0 Å². The van der Waals surface area contributed by atoms with E-state index in [9.17, 15) is 5.11 Å². The van der Waals surface area contributed by atoms with Gasteiger partial charge in [-0.3, -0.25) is 5.11 Å². The summed E-state index contributed by atoms with van der Waals surface area (Å²) < 4.78 is 0.